The van der Waals surface area contributed by atoms with Gasteiger partial charge in [0, 0.05) is 66.8 Å². The molecule has 0 N–H and O–H groups in total. The van der Waals surface area contributed by atoms with Crippen molar-refractivity contribution < 1.29 is 8.83 Å². The number of furan rings is 2. The number of para-hydroxylation sites is 2. The van der Waals surface area contributed by atoms with E-state index in [1.54, 1.807) is 0 Å². The Morgan fingerprint density at radius 1 is 0.317 bits per heavy atom. The lowest BCUT2D eigenvalue weighted by Crippen LogP contribution is -2.10. The zero-order valence-corrected chi connectivity index (χ0v) is 34.7. The number of hydrogen-bond acceptors (Lipinski definition) is 4. The second-order valence-corrected chi connectivity index (χ2v) is 16.7. The molecule has 0 aliphatic heterocycles. The molecule has 0 radical (unpaired) electrons. The molecule has 4 heteroatoms. The summed E-state index contributed by atoms with van der Waals surface area (Å²) in [7, 11) is 0. The highest BCUT2D eigenvalue weighted by Crippen LogP contribution is 2.46. The summed E-state index contributed by atoms with van der Waals surface area (Å²) < 4.78 is 13.7. The molecule has 0 saturated heterocycles. The predicted molar refractivity (Wildman–Crippen MR) is 254 cm³/mol. The minimum Gasteiger partial charge on any atom is -0.456 e. The molecule has 11 rings (SSSR count). The fourth-order valence-corrected chi connectivity index (χ4v) is 9.64. The molecule has 4 nitrogen and oxygen atoms in total. The van der Waals surface area contributed by atoms with Crippen molar-refractivity contribution in [3.63, 3.8) is 0 Å². The maximum absolute atomic E-state index is 6.87. The van der Waals surface area contributed by atoms with Gasteiger partial charge < -0.3 is 18.6 Å². The maximum atomic E-state index is 6.87. The van der Waals surface area contributed by atoms with E-state index >= 15 is 0 Å². The van der Waals surface area contributed by atoms with Crippen LogP contribution < -0.4 is 9.80 Å². The van der Waals surface area contributed by atoms with Crippen molar-refractivity contribution in [1.82, 2.24) is 0 Å². The fraction of sp³-hybridized carbons (Fsp3) is 0.107. The van der Waals surface area contributed by atoms with Gasteiger partial charge in [0.15, 0.2) is 0 Å². The van der Waals surface area contributed by atoms with Crippen LogP contribution in [0, 0.1) is 41.5 Å². The van der Waals surface area contributed by atoms with E-state index in [1.165, 1.54) is 22.3 Å². The van der Waals surface area contributed by atoms with Crippen molar-refractivity contribution >= 4 is 99.5 Å². The lowest BCUT2D eigenvalue weighted by molar-refractivity contribution is 0.660. The van der Waals surface area contributed by atoms with E-state index < -0.39 is 0 Å². The third-order valence-corrected chi connectivity index (χ3v) is 12.2. The maximum Gasteiger partial charge on any atom is 0.139 e. The van der Waals surface area contributed by atoms with Gasteiger partial charge in [0.1, 0.15) is 22.3 Å². The molecule has 9 aromatic carbocycles. The monoisotopic (exact) mass is 776 g/mol. The summed E-state index contributed by atoms with van der Waals surface area (Å²) in [5, 5.41) is 9.01. The van der Waals surface area contributed by atoms with Crippen molar-refractivity contribution in [3.8, 4) is 0 Å². The molecule has 0 fully saturated rings. The van der Waals surface area contributed by atoms with E-state index in [1.807, 2.05) is 0 Å². The molecule has 0 unspecified atom stereocenters. The second kappa shape index (κ2) is 13.6. The zero-order valence-electron chi connectivity index (χ0n) is 34.7. The standard InChI is InChI=1S/C56H44N2O2/c1-33-21-34(2)24-47(23-33)57(43-13-9-7-10-14-43)45-19-17-39-29-49-51(31-41(39)27-45)59-55-38(6)54-50-30-40-18-20-46(28-42(40)32-52(50)60-56(54)37(5)53(49)55)58(44-15-11-8-12-16-44)48-25-35(3)22-36(4)26-48/h7-32H,1-6H3. The first-order valence-electron chi connectivity index (χ1n) is 20.7. The summed E-state index contributed by atoms with van der Waals surface area (Å²) in [6, 6.07) is 57.1. The fourth-order valence-electron chi connectivity index (χ4n) is 9.64. The SMILES string of the molecule is Cc1cc(C)cc(N(c2ccccc2)c2ccc3cc4c(cc3c2)oc2c(C)c3c(oc5cc6cc(N(c7ccccc7)c7cc(C)cc(C)c7)ccc6cc53)c(C)c24)c1. The van der Waals surface area contributed by atoms with Crippen LogP contribution in [-0.2, 0) is 0 Å². The number of benzene rings is 9. The number of fused-ring (bicyclic) bond motifs is 8. The lowest BCUT2D eigenvalue weighted by Gasteiger charge is -2.26. The Bertz CT molecular complexity index is 3230. The van der Waals surface area contributed by atoms with Crippen LogP contribution in [0.15, 0.2) is 167 Å². The summed E-state index contributed by atoms with van der Waals surface area (Å²) in [5.74, 6) is 0. The summed E-state index contributed by atoms with van der Waals surface area (Å²) in [5.41, 5.74) is 17.4. The van der Waals surface area contributed by atoms with Crippen molar-refractivity contribution in [3.05, 3.63) is 191 Å². The van der Waals surface area contributed by atoms with Crippen LogP contribution in [0.2, 0.25) is 0 Å². The van der Waals surface area contributed by atoms with Crippen molar-refractivity contribution in [1.29, 1.82) is 0 Å². The van der Waals surface area contributed by atoms with Crippen molar-refractivity contribution in [2.45, 2.75) is 41.5 Å². The van der Waals surface area contributed by atoms with Crippen LogP contribution in [0.25, 0.3) is 65.4 Å². The molecule has 2 heterocycles. The number of aryl methyl sites for hydroxylation is 6. The van der Waals surface area contributed by atoms with E-state index in [-0.39, 0.29) is 0 Å². The molecular weight excluding hydrogens is 733 g/mol. The Morgan fingerprint density at radius 3 is 1.08 bits per heavy atom. The largest absolute Gasteiger partial charge is 0.456 e. The van der Waals surface area contributed by atoms with Gasteiger partial charge in [-0.1, -0.05) is 60.7 Å². The normalized spacial score (nSPS) is 11.8. The van der Waals surface area contributed by atoms with Crippen LogP contribution >= 0.6 is 0 Å². The van der Waals surface area contributed by atoms with Gasteiger partial charge in [0.2, 0.25) is 0 Å². The van der Waals surface area contributed by atoms with Crippen molar-refractivity contribution in [2.24, 2.45) is 0 Å². The zero-order chi connectivity index (χ0) is 40.8. The molecule has 2 aromatic heterocycles. The molecule has 11 aromatic rings. The Hall–Kier alpha value is -7.30. The average Bonchev–Trinajstić information content (AvgIpc) is 3.80. The molecule has 0 saturated carbocycles. The highest BCUT2D eigenvalue weighted by molar-refractivity contribution is 6.22. The number of anilines is 6. The molecule has 60 heavy (non-hydrogen) atoms. The first-order chi connectivity index (χ1) is 29.2. The smallest absolute Gasteiger partial charge is 0.139 e. The lowest BCUT2D eigenvalue weighted by atomic mass is 9.97. The molecule has 0 aliphatic rings. The highest BCUT2D eigenvalue weighted by Gasteiger charge is 2.23. The molecule has 290 valence electrons. The van der Waals surface area contributed by atoms with Gasteiger partial charge in [-0.25, -0.2) is 0 Å². The average molecular weight is 777 g/mol. The third kappa shape index (κ3) is 5.82. The molecule has 0 amide bonds. The van der Waals surface area contributed by atoms with Crippen LogP contribution in [0.5, 0.6) is 0 Å². The van der Waals surface area contributed by atoms with Gasteiger partial charge in [0.25, 0.3) is 0 Å². The van der Waals surface area contributed by atoms with Crippen molar-refractivity contribution in [2.75, 3.05) is 9.80 Å². The predicted octanol–water partition coefficient (Wildman–Crippen LogP) is 16.6. The Kier molecular flexibility index (Phi) is 8.15. The molecule has 0 atom stereocenters. The number of hydrogen-bond donors (Lipinski definition) is 0. The van der Waals surface area contributed by atoms with Gasteiger partial charge in [-0.15, -0.1) is 0 Å². The Labute approximate surface area is 349 Å². The van der Waals surface area contributed by atoms with E-state index in [2.05, 4.69) is 209 Å². The van der Waals surface area contributed by atoms with Gasteiger partial charge in [-0.2, -0.15) is 0 Å². The van der Waals surface area contributed by atoms with Gasteiger partial charge in [-0.05, 0) is 182 Å². The number of rotatable bonds is 6. The Balaban J connectivity index is 1.04. The van der Waals surface area contributed by atoms with Gasteiger partial charge in [0.05, 0.1) is 0 Å². The number of nitrogens with zero attached hydrogens (tertiary/aromatic N) is 2. The molecular formula is C56H44N2O2. The van der Waals surface area contributed by atoms with Crippen LogP contribution in [-0.4, -0.2) is 0 Å². The van der Waals surface area contributed by atoms with Crippen LogP contribution in [0.4, 0.5) is 34.1 Å². The first-order valence-corrected chi connectivity index (χ1v) is 20.7. The van der Waals surface area contributed by atoms with Crippen LogP contribution in [0.1, 0.15) is 33.4 Å². The Morgan fingerprint density at radius 2 is 0.700 bits per heavy atom. The molecule has 0 aliphatic carbocycles. The second-order valence-electron chi connectivity index (χ2n) is 16.7. The third-order valence-electron chi connectivity index (χ3n) is 12.2. The molecule has 0 bridgehead atoms. The van der Waals surface area contributed by atoms with E-state index in [9.17, 15) is 0 Å². The quantitative estimate of drug-likeness (QED) is 0.168. The summed E-state index contributed by atoms with van der Waals surface area (Å²) in [4.78, 5) is 4.68. The topological polar surface area (TPSA) is 32.8 Å². The summed E-state index contributed by atoms with van der Waals surface area (Å²) in [6.07, 6.45) is 0. The molecule has 0 spiro atoms. The summed E-state index contributed by atoms with van der Waals surface area (Å²) >= 11 is 0. The highest BCUT2D eigenvalue weighted by atomic mass is 16.3. The first kappa shape index (κ1) is 35.8. The van der Waals surface area contributed by atoms with Gasteiger partial charge in [-0.3, -0.25) is 0 Å². The van der Waals surface area contributed by atoms with E-state index in [4.69, 9.17) is 8.83 Å². The van der Waals surface area contributed by atoms with E-state index in [0.717, 1.165) is 111 Å². The van der Waals surface area contributed by atoms with E-state index in [0.29, 0.717) is 0 Å². The summed E-state index contributed by atoms with van der Waals surface area (Å²) in [6.45, 7) is 13.0. The minimum absolute atomic E-state index is 0.875. The van der Waals surface area contributed by atoms with Crippen LogP contribution in [0.3, 0.4) is 0 Å². The van der Waals surface area contributed by atoms with Gasteiger partial charge >= 0.3 is 0 Å². The minimum atomic E-state index is 0.875.